The lowest BCUT2D eigenvalue weighted by atomic mass is 10.2. The average Bonchev–Trinajstić information content (AvgIpc) is 2.34. The van der Waals surface area contributed by atoms with Crippen LogP contribution >= 0.6 is 0 Å². The van der Waals surface area contributed by atoms with Gasteiger partial charge in [-0.15, -0.1) is 0 Å². The Balaban J connectivity index is 3.76. The molecule has 0 aliphatic rings. The van der Waals surface area contributed by atoms with E-state index in [9.17, 15) is 13.7 Å². The first-order valence-electron chi connectivity index (χ1n) is 6.51. The van der Waals surface area contributed by atoms with E-state index in [1.54, 1.807) is 0 Å². The summed E-state index contributed by atoms with van der Waals surface area (Å²) in [5.74, 6) is -0.0131. The highest BCUT2D eigenvalue weighted by Gasteiger charge is 2.13. The highest BCUT2D eigenvalue weighted by atomic mass is 32.2. The van der Waals surface area contributed by atoms with Gasteiger partial charge in [0.05, 0.1) is 0 Å². The Kier molecular flexibility index (Phi) is 11.2. The molecule has 0 aliphatic heterocycles. The van der Waals surface area contributed by atoms with E-state index < -0.39 is 16.3 Å². The second kappa shape index (κ2) is 11.5. The van der Waals surface area contributed by atoms with E-state index in [0.717, 1.165) is 31.8 Å². The standard InChI is InChI=1S/C13H23FO3S/c1-3-5-6-7-11-18(16)12(14)9-10-17-13(15)8-4-2/h9H,3-8,10-11H2,1-2H3. The molecule has 0 aliphatic carbocycles. The van der Waals surface area contributed by atoms with Crippen LogP contribution in [0.4, 0.5) is 4.39 Å². The van der Waals surface area contributed by atoms with E-state index in [2.05, 4.69) is 6.92 Å². The molecule has 106 valence electrons. The Morgan fingerprint density at radius 3 is 2.61 bits per heavy atom. The van der Waals surface area contributed by atoms with Crippen molar-refractivity contribution in [1.29, 1.82) is 0 Å². The molecule has 0 rings (SSSR count). The van der Waals surface area contributed by atoms with Gasteiger partial charge < -0.3 is 9.29 Å². The maximum Gasteiger partial charge on any atom is 0.306 e. The first-order valence-corrected chi connectivity index (χ1v) is 7.83. The van der Waals surface area contributed by atoms with Crippen molar-refractivity contribution in [3.05, 3.63) is 11.2 Å². The maximum atomic E-state index is 13.3. The van der Waals surface area contributed by atoms with Crippen molar-refractivity contribution in [1.82, 2.24) is 0 Å². The van der Waals surface area contributed by atoms with Crippen LogP contribution < -0.4 is 0 Å². The minimum Gasteiger partial charge on any atom is -0.610 e. The zero-order valence-electron chi connectivity index (χ0n) is 11.2. The van der Waals surface area contributed by atoms with Crippen LogP contribution in [0.1, 0.15) is 52.4 Å². The smallest absolute Gasteiger partial charge is 0.306 e. The van der Waals surface area contributed by atoms with Crippen LogP contribution in [-0.4, -0.2) is 22.9 Å². The molecule has 1 unspecified atom stereocenters. The normalized spacial score (nSPS) is 13.4. The quantitative estimate of drug-likeness (QED) is 0.349. The van der Waals surface area contributed by atoms with Crippen LogP contribution in [-0.2, 0) is 20.7 Å². The van der Waals surface area contributed by atoms with Gasteiger partial charge in [0.25, 0.3) is 5.16 Å². The summed E-state index contributed by atoms with van der Waals surface area (Å²) in [7, 11) is 0. The molecule has 5 heteroatoms. The topological polar surface area (TPSA) is 49.4 Å². The third-order valence-corrected chi connectivity index (χ3v) is 3.60. The van der Waals surface area contributed by atoms with Crippen molar-refractivity contribution in [3.63, 3.8) is 0 Å². The number of rotatable bonds is 10. The van der Waals surface area contributed by atoms with E-state index in [-0.39, 0.29) is 12.6 Å². The Morgan fingerprint density at radius 2 is 2.00 bits per heavy atom. The van der Waals surface area contributed by atoms with Crippen LogP contribution in [0.5, 0.6) is 0 Å². The minimum absolute atomic E-state index is 0.134. The molecule has 3 nitrogen and oxygen atoms in total. The zero-order valence-corrected chi connectivity index (χ0v) is 12.1. The highest BCUT2D eigenvalue weighted by Crippen LogP contribution is 2.12. The fourth-order valence-corrected chi connectivity index (χ4v) is 2.24. The van der Waals surface area contributed by atoms with Gasteiger partial charge in [-0.1, -0.05) is 26.7 Å². The van der Waals surface area contributed by atoms with Crippen molar-refractivity contribution in [2.24, 2.45) is 0 Å². The third-order valence-electron chi connectivity index (χ3n) is 2.34. The molecule has 0 spiro atoms. The molecule has 0 N–H and O–H groups in total. The van der Waals surface area contributed by atoms with Gasteiger partial charge in [0.2, 0.25) is 0 Å². The van der Waals surface area contributed by atoms with Gasteiger partial charge in [-0.25, -0.2) is 0 Å². The van der Waals surface area contributed by atoms with Gasteiger partial charge in [-0.05, 0) is 19.3 Å². The van der Waals surface area contributed by atoms with Crippen LogP contribution in [0, 0.1) is 0 Å². The highest BCUT2D eigenvalue weighted by molar-refractivity contribution is 7.95. The SMILES string of the molecule is CCCCCC[S+]([O-])C(F)=CCOC(=O)CCC. The molecule has 0 radical (unpaired) electrons. The van der Waals surface area contributed by atoms with E-state index in [1.165, 1.54) is 0 Å². The minimum atomic E-state index is -1.58. The summed E-state index contributed by atoms with van der Waals surface area (Å²) in [5.41, 5.74) is 0. The van der Waals surface area contributed by atoms with E-state index in [1.807, 2.05) is 6.92 Å². The Hall–Kier alpha value is -0.550. The summed E-state index contributed by atoms with van der Waals surface area (Å²) in [6, 6.07) is 0. The van der Waals surface area contributed by atoms with Crippen molar-refractivity contribution in [2.75, 3.05) is 12.4 Å². The Morgan fingerprint density at radius 1 is 1.28 bits per heavy atom. The van der Waals surface area contributed by atoms with Crippen LogP contribution in [0.15, 0.2) is 11.2 Å². The van der Waals surface area contributed by atoms with Crippen molar-refractivity contribution in [3.8, 4) is 0 Å². The molecule has 0 saturated heterocycles. The van der Waals surface area contributed by atoms with Gasteiger partial charge in [0.1, 0.15) is 12.4 Å². The van der Waals surface area contributed by atoms with Gasteiger partial charge in [0.15, 0.2) is 0 Å². The summed E-state index contributed by atoms with van der Waals surface area (Å²) in [6.07, 6.45) is 6.03. The van der Waals surface area contributed by atoms with Crippen LogP contribution in [0.2, 0.25) is 0 Å². The monoisotopic (exact) mass is 278 g/mol. The van der Waals surface area contributed by atoms with E-state index in [4.69, 9.17) is 4.74 Å². The average molecular weight is 278 g/mol. The molecule has 1 atom stereocenters. The lowest BCUT2D eigenvalue weighted by Gasteiger charge is -2.07. The van der Waals surface area contributed by atoms with Gasteiger partial charge in [-0.3, -0.25) is 4.79 Å². The summed E-state index contributed by atoms with van der Waals surface area (Å²) in [4.78, 5) is 11.0. The van der Waals surface area contributed by atoms with Gasteiger partial charge in [0, 0.05) is 23.7 Å². The zero-order chi connectivity index (χ0) is 13.8. The summed E-state index contributed by atoms with van der Waals surface area (Å²) in [5, 5.41) is -0.684. The second-order valence-electron chi connectivity index (χ2n) is 4.05. The van der Waals surface area contributed by atoms with Crippen LogP contribution in [0.3, 0.4) is 0 Å². The lowest BCUT2D eigenvalue weighted by Crippen LogP contribution is -2.09. The number of ether oxygens (including phenoxy) is 1. The molecular weight excluding hydrogens is 255 g/mol. The summed E-state index contributed by atoms with van der Waals surface area (Å²) < 4.78 is 29.5. The molecule has 18 heavy (non-hydrogen) atoms. The van der Waals surface area contributed by atoms with Gasteiger partial charge >= 0.3 is 5.97 Å². The molecule has 0 fully saturated rings. The first-order chi connectivity index (χ1) is 8.61. The fraction of sp³-hybridized carbons (Fsp3) is 0.769. The predicted molar refractivity (Wildman–Crippen MR) is 72.2 cm³/mol. The molecule has 0 aromatic carbocycles. The van der Waals surface area contributed by atoms with Crippen molar-refractivity contribution < 1.29 is 18.5 Å². The maximum absolute atomic E-state index is 13.3. The Bertz CT molecular complexity index is 257. The third kappa shape index (κ3) is 9.48. The predicted octanol–water partition coefficient (Wildman–Crippen LogP) is 3.47. The fourth-order valence-electron chi connectivity index (χ4n) is 1.33. The van der Waals surface area contributed by atoms with Gasteiger partial charge in [-0.2, -0.15) is 4.39 Å². The van der Waals surface area contributed by atoms with Crippen molar-refractivity contribution in [2.45, 2.75) is 52.4 Å². The number of hydrogen-bond donors (Lipinski definition) is 0. The van der Waals surface area contributed by atoms with Crippen molar-refractivity contribution >= 4 is 17.1 Å². The molecule has 0 amide bonds. The first kappa shape index (κ1) is 17.4. The van der Waals surface area contributed by atoms with Crippen LogP contribution in [0.25, 0.3) is 0 Å². The largest absolute Gasteiger partial charge is 0.610 e. The number of esters is 1. The van der Waals surface area contributed by atoms with E-state index in [0.29, 0.717) is 18.6 Å². The molecule has 0 bridgehead atoms. The second-order valence-corrected chi connectivity index (χ2v) is 5.54. The molecule has 0 aromatic rings. The lowest BCUT2D eigenvalue weighted by molar-refractivity contribution is -0.142. The summed E-state index contributed by atoms with van der Waals surface area (Å²) >= 11 is -1.58. The summed E-state index contributed by atoms with van der Waals surface area (Å²) in [6.45, 7) is 3.82. The number of carbonyl (C=O) groups is 1. The van der Waals surface area contributed by atoms with E-state index >= 15 is 0 Å². The molecule has 0 heterocycles. The molecular formula is C13H23FO3S. The molecule has 0 saturated carbocycles. The number of hydrogen-bond acceptors (Lipinski definition) is 3. The number of carbonyl (C=O) groups excluding carboxylic acids is 1. The number of halogens is 1. The molecule has 0 aromatic heterocycles. The Labute approximate surface area is 112 Å². The number of unbranched alkanes of at least 4 members (excludes halogenated alkanes) is 3.